The van der Waals surface area contributed by atoms with Crippen LogP contribution in [-0.4, -0.2) is 31.1 Å². The van der Waals surface area contributed by atoms with E-state index in [-0.39, 0.29) is 0 Å². The van der Waals surface area contributed by atoms with E-state index in [4.69, 9.17) is 0 Å². The predicted molar refractivity (Wildman–Crippen MR) is 97.9 cm³/mol. The Labute approximate surface area is 141 Å². The molecule has 1 aromatic rings. The quantitative estimate of drug-likeness (QED) is 0.439. The Kier molecular flexibility index (Phi) is 7.91. The summed E-state index contributed by atoms with van der Waals surface area (Å²) in [7, 11) is 1.84. The summed E-state index contributed by atoms with van der Waals surface area (Å²) in [6.45, 7) is 4.02. The van der Waals surface area contributed by atoms with Gasteiger partial charge >= 0.3 is 0 Å². The van der Waals surface area contributed by atoms with E-state index >= 15 is 0 Å². The van der Waals surface area contributed by atoms with Gasteiger partial charge in [-0.05, 0) is 42.9 Å². The Hall–Kier alpha value is -1.58. The fourth-order valence-electron chi connectivity index (χ4n) is 3.38. The van der Waals surface area contributed by atoms with Crippen LogP contribution in [0.15, 0.2) is 23.5 Å². The second-order valence-electron chi connectivity index (χ2n) is 6.62. The third kappa shape index (κ3) is 6.59. The van der Waals surface area contributed by atoms with Crippen molar-refractivity contribution in [1.82, 2.24) is 15.6 Å². The summed E-state index contributed by atoms with van der Waals surface area (Å²) in [6.07, 6.45) is 14.6. The molecule has 0 unspecified atom stereocenters. The first kappa shape index (κ1) is 17.8. The first-order valence-electron chi connectivity index (χ1n) is 9.13. The van der Waals surface area contributed by atoms with Gasteiger partial charge in [0.15, 0.2) is 5.96 Å². The van der Waals surface area contributed by atoms with Crippen molar-refractivity contribution in [2.24, 2.45) is 10.9 Å². The molecule has 0 radical (unpaired) electrons. The number of rotatable bonds is 8. The van der Waals surface area contributed by atoms with Crippen molar-refractivity contribution >= 4 is 5.96 Å². The van der Waals surface area contributed by atoms with Gasteiger partial charge in [0.2, 0.25) is 0 Å². The number of hydrogen-bond acceptors (Lipinski definition) is 2. The molecule has 0 amide bonds. The van der Waals surface area contributed by atoms with E-state index in [1.54, 1.807) is 0 Å². The molecule has 0 bridgehead atoms. The highest BCUT2D eigenvalue weighted by molar-refractivity contribution is 5.79. The molecular weight excluding hydrogens is 284 g/mol. The fraction of sp³-hybridized carbons (Fsp3) is 0.684. The van der Waals surface area contributed by atoms with E-state index in [1.165, 1.54) is 56.1 Å². The lowest BCUT2D eigenvalue weighted by Crippen LogP contribution is -2.38. The zero-order valence-corrected chi connectivity index (χ0v) is 14.8. The summed E-state index contributed by atoms with van der Waals surface area (Å²) in [5.41, 5.74) is 2.60. The van der Waals surface area contributed by atoms with E-state index in [9.17, 15) is 0 Å². The highest BCUT2D eigenvalue weighted by atomic mass is 15.2. The number of pyridine rings is 1. The maximum Gasteiger partial charge on any atom is 0.190 e. The van der Waals surface area contributed by atoms with Gasteiger partial charge < -0.3 is 10.6 Å². The molecule has 1 heterocycles. The molecule has 128 valence electrons. The zero-order valence-electron chi connectivity index (χ0n) is 14.8. The van der Waals surface area contributed by atoms with Crippen LogP contribution >= 0.6 is 0 Å². The van der Waals surface area contributed by atoms with Crippen molar-refractivity contribution < 1.29 is 0 Å². The van der Waals surface area contributed by atoms with Gasteiger partial charge in [0, 0.05) is 32.5 Å². The Morgan fingerprint density at radius 3 is 2.74 bits per heavy atom. The van der Waals surface area contributed by atoms with Crippen LogP contribution in [0.25, 0.3) is 0 Å². The van der Waals surface area contributed by atoms with Gasteiger partial charge in [0.05, 0.1) is 0 Å². The maximum absolute atomic E-state index is 4.30. The Morgan fingerprint density at radius 2 is 2.00 bits per heavy atom. The number of hydrogen-bond donors (Lipinski definition) is 2. The number of aromatic nitrogens is 1. The monoisotopic (exact) mass is 316 g/mol. The number of aliphatic imine (C=N–C) groups is 1. The zero-order chi connectivity index (χ0) is 16.3. The minimum absolute atomic E-state index is 0.895. The van der Waals surface area contributed by atoms with Crippen LogP contribution in [0.5, 0.6) is 0 Å². The number of unbranched alkanes of at least 4 members (excludes halogenated alkanes) is 1. The molecule has 4 nitrogen and oxygen atoms in total. The smallest absolute Gasteiger partial charge is 0.190 e. The van der Waals surface area contributed by atoms with E-state index in [1.807, 2.05) is 19.4 Å². The Balaban J connectivity index is 1.55. The van der Waals surface area contributed by atoms with Gasteiger partial charge in [-0.2, -0.15) is 0 Å². The van der Waals surface area contributed by atoms with Crippen LogP contribution < -0.4 is 10.6 Å². The lowest BCUT2D eigenvalue weighted by Gasteiger charge is -2.13. The molecule has 1 fully saturated rings. The average molecular weight is 316 g/mol. The van der Waals surface area contributed by atoms with Crippen molar-refractivity contribution in [1.29, 1.82) is 0 Å². The van der Waals surface area contributed by atoms with Crippen LogP contribution in [0.4, 0.5) is 0 Å². The van der Waals surface area contributed by atoms with Gasteiger partial charge in [-0.25, -0.2) is 0 Å². The third-order valence-electron chi connectivity index (χ3n) is 4.85. The molecule has 4 heteroatoms. The summed E-state index contributed by atoms with van der Waals surface area (Å²) in [5.74, 6) is 1.92. The standard InChI is InChI=1S/C19H32N4/c1-16-15-21-13-10-18(16)11-14-23-19(20-2)22-12-6-5-9-17-7-3-4-8-17/h10,13,15,17H,3-9,11-12,14H2,1-2H3,(H2,20,22,23). The van der Waals surface area contributed by atoms with Gasteiger partial charge in [-0.15, -0.1) is 0 Å². The largest absolute Gasteiger partial charge is 0.356 e. The summed E-state index contributed by atoms with van der Waals surface area (Å²) >= 11 is 0. The molecule has 0 aliphatic heterocycles. The predicted octanol–water partition coefficient (Wildman–Crippen LogP) is 3.46. The molecule has 0 aromatic carbocycles. The van der Waals surface area contributed by atoms with E-state index in [2.05, 4.69) is 33.6 Å². The van der Waals surface area contributed by atoms with Crippen molar-refractivity contribution in [3.05, 3.63) is 29.6 Å². The Morgan fingerprint density at radius 1 is 1.22 bits per heavy atom. The molecule has 2 N–H and O–H groups in total. The fourth-order valence-corrected chi connectivity index (χ4v) is 3.38. The van der Waals surface area contributed by atoms with E-state index in [0.29, 0.717) is 0 Å². The van der Waals surface area contributed by atoms with Gasteiger partial charge in [-0.3, -0.25) is 9.98 Å². The van der Waals surface area contributed by atoms with Crippen LogP contribution in [0.1, 0.15) is 56.1 Å². The van der Waals surface area contributed by atoms with E-state index in [0.717, 1.165) is 31.4 Å². The minimum Gasteiger partial charge on any atom is -0.356 e. The molecule has 2 rings (SSSR count). The molecule has 1 aromatic heterocycles. The molecule has 1 aliphatic carbocycles. The normalized spacial score (nSPS) is 15.8. The van der Waals surface area contributed by atoms with Crippen LogP contribution in [-0.2, 0) is 6.42 Å². The first-order chi connectivity index (χ1) is 11.3. The number of guanidine groups is 1. The lowest BCUT2D eigenvalue weighted by atomic mass is 10.0. The molecule has 0 spiro atoms. The summed E-state index contributed by atoms with van der Waals surface area (Å²) in [4.78, 5) is 8.43. The highest BCUT2D eigenvalue weighted by Gasteiger charge is 2.13. The first-order valence-corrected chi connectivity index (χ1v) is 9.13. The molecule has 23 heavy (non-hydrogen) atoms. The van der Waals surface area contributed by atoms with Crippen LogP contribution in [0.3, 0.4) is 0 Å². The second kappa shape index (κ2) is 10.2. The number of nitrogens with zero attached hydrogens (tertiary/aromatic N) is 2. The van der Waals surface area contributed by atoms with Gasteiger partial charge in [0.25, 0.3) is 0 Å². The lowest BCUT2D eigenvalue weighted by molar-refractivity contribution is 0.472. The third-order valence-corrected chi connectivity index (χ3v) is 4.85. The van der Waals surface area contributed by atoms with Crippen LogP contribution in [0, 0.1) is 12.8 Å². The average Bonchev–Trinajstić information content (AvgIpc) is 3.08. The van der Waals surface area contributed by atoms with Gasteiger partial charge in [0.1, 0.15) is 0 Å². The molecule has 1 aliphatic rings. The maximum atomic E-state index is 4.30. The molecule has 1 saturated carbocycles. The second-order valence-corrected chi connectivity index (χ2v) is 6.62. The summed E-state index contributed by atoms with van der Waals surface area (Å²) in [5, 5.41) is 6.82. The van der Waals surface area contributed by atoms with Gasteiger partial charge in [-0.1, -0.05) is 38.5 Å². The van der Waals surface area contributed by atoms with Crippen LogP contribution in [0.2, 0.25) is 0 Å². The van der Waals surface area contributed by atoms with Crippen molar-refractivity contribution in [2.45, 2.75) is 58.3 Å². The number of nitrogens with one attached hydrogen (secondary N) is 2. The number of aryl methyl sites for hydroxylation is 1. The van der Waals surface area contributed by atoms with E-state index < -0.39 is 0 Å². The summed E-state index contributed by atoms with van der Waals surface area (Å²) in [6, 6.07) is 2.09. The summed E-state index contributed by atoms with van der Waals surface area (Å²) < 4.78 is 0. The minimum atomic E-state index is 0.895. The Bertz CT molecular complexity index is 478. The van der Waals surface area contributed by atoms with Crippen molar-refractivity contribution in [2.75, 3.05) is 20.1 Å². The topological polar surface area (TPSA) is 49.3 Å². The SMILES string of the molecule is CN=C(NCCCCC1CCCC1)NCCc1ccncc1C. The van der Waals surface area contributed by atoms with Crippen molar-refractivity contribution in [3.63, 3.8) is 0 Å². The molecular formula is C19H32N4. The highest BCUT2D eigenvalue weighted by Crippen LogP contribution is 2.28. The molecule has 0 saturated heterocycles. The van der Waals surface area contributed by atoms with Crippen molar-refractivity contribution in [3.8, 4) is 0 Å². The molecule has 0 atom stereocenters.